The van der Waals surface area contributed by atoms with Gasteiger partial charge in [-0.15, -0.1) is 0 Å². The van der Waals surface area contributed by atoms with Crippen LogP contribution in [0.3, 0.4) is 0 Å². The number of nitrogens with one attached hydrogen (secondary N) is 2. The van der Waals surface area contributed by atoms with Crippen LogP contribution in [0.5, 0.6) is 0 Å². The van der Waals surface area contributed by atoms with Crippen LogP contribution in [0, 0.1) is 5.41 Å². The first-order valence-electron chi connectivity index (χ1n) is 10.3. The number of hydrogen-bond acceptors (Lipinski definition) is 4. The molecule has 0 heterocycles. The number of rotatable bonds is 8. The smallest absolute Gasteiger partial charge is 0.407 e. The molecule has 2 amide bonds. The minimum Gasteiger partial charge on any atom is -0.480 e. The summed E-state index contributed by atoms with van der Waals surface area (Å²) in [6.45, 7) is 5.49. The Hall–Kier alpha value is -3.35. The van der Waals surface area contributed by atoms with Crippen LogP contribution in [0.15, 0.2) is 48.5 Å². The van der Waals surface area contributed by atoms with Crippen LogP contribution in [0.25, 0.3) is 11.1 Å². The van der Waals surface area contributed by atoms with E-state index in [2.05, 4.69) is 34.9 Å². The van der Waals surface area contributed by atoms with E-state index in [9.17, 15) is 14.4 Å². The van der Waals surface area contributed by atoms with Gasteiger partial charge in [0.05, 0.1) is 0 Å². The van der Waals surface area contributed by atoms with Crippen LogP contribution in [0.4, 0.5) is 4.79 Å². The van der Waals surface area contributed by atoms with Gasteiger partial charge >= 0.3 is 12.1 Å². The molecule has 0 fully saturated rings. The number of carbonyl (C=O) groups excluding carboxylic acids is 2. The summed E-state index contributed by atoms with van der Waals surface area (Å²) < 4.78 is 5.51. The lowest BCUT2D eigenvalue weighted by Crippen LogP contribution is -2.42. The van der Waals surface area contributed by atoms with Crippen LogP contribution in [-0.4, -0.2) is 42.3 Å². The highest BCUT2D eigenvalue weighted by Gasteiger charge is 2.29. The second-order valence-corrected chi connectivity index (χ2v) is 8.65. The highest BCUT2D eigenvalue weighted by atomic mass is 16.5. The van der Waals surface area contributed by atoms with Gasteiger partial charge in [0.1, 0.15) is 12.6 Å². The summed E-state index contributed by atoms with van der Waals surface area (Å²) >= 11 is 0. The highest BCUT2D eigenvalue weighted by molar-refractivity contribution is 5.83. The maximum Gasteiger partial charge on any atom is 0.407 e. The highest BCUT2D eigenvalue weighted by Crippen LogP contribution is 2.44. The van der Waals surface area contributed by atoms with E-state index in [0.29, 0.717) is 0 Å². The third kappa shape index (κ3) is 5.42. The number of fused-ring (bicyclic) bond motifs is 3. The van der Waals surface area contributed by atoms with Crippen molar-refractivity contribution >= 4 is 18.0 Å². The first-order valence-corrected chi connectivity index (χ1v) is 10.3. The minimum atomic E-state index is -1.09. The Morgan fingerprint density at radius 1 is 1.03 bits per heavy atom. The minimum absolute atomic E-state index is 0.0190. The molecule has 164 valence electrons. The van der Waals surface area contributed by atoms with E-state index in [1.807, 2.05) is 38.1 Å². The van der Waals surface area contributed by atoms with Gasteiger partial charge in [-0.2, -0.15) is 0 Å². The van der Waals surface area contributed by atoms with Gasteiger partial charge in [0.2, 0.25) is 5.91 Å². The van der Waals surface area contributed by atoms with Crippen LogP contribution in [-0.2, 0) is 14.3 Å². The molecule has 0 saturated carbocycles. The van der Waals surface area contributed by atoms with Crippen molar-refractivity contribution < 1.29 is 24.2 Å². The molecule has 0 bridgehead atoms. The standard InChI is InChI=1S/C24H28N2O5/c1-15(22(28)29)26-21(27)12-24(2,3)14-25-23(30)31-13-20-18-10-6-4-8-16(18)17-9-5-7-11-19(17)20/h4-11,15,20H,12-14H2,1-3H3,(H,25,30)(H,26,27)(H,28,29)/t15-/m1/s1. The summed E-state index contributed by atoms with van der Waals surface area (Å²) in [5.74, 6) is -1.49. The molecule has 2 aromatic rings. The summed E-state index contributed by atoms with van der Waals surface area (Å²) in [6, 6.07) is 15.3. The molecule has 0 aromatic heterocycles. The maximum absolute atomic E-state index is 12.3. The Labute approximate surface area is 181 Å². The van der Waals surface area contributed by atoms with Gasteiger partial charge in [0.25, 0.3) is 0 Å². The van der Waals surface area contributed by atoms with E-state index < -0.39 is 23.5 Å². The van der Waals surface area contributed by atoms with Crippen molar-refractivity contribution in [2.75, 3.05) is 13.2 Å². The fourth-order valence-corrected chi connectivity index (χ4v) is 3.81. The Kier molecular flexibility index (Phi) is 6.63. The number of carbonyl (C=O) groups is 3. The van der Waals surface area contributed by atoms with Gasteiger partial charge in [-0.1, -0.05) is 62.4 Å². The molecule has 31 heavy (non-hydrogen) atoms. The number of carboxylic acids is 1. The Bertz CT molecular complexity index is 940. The van der Waals surface area contributed by atoms with E-state index in [0.717, 1.165) is 22.3 Å². The van der Waals surface area contributed by atoms with Gasteiger partial charge in [-0.25, -0.2) is 4.79 Å². The van der Waals surface area contributed by atoms with Crippen molar-refractivity contribution in [3.63, 3.8) is 0 Å². The molecular formula is C24H28N2O5. The fourth-order valence-electron chi connectivity index (χ4n) is 3.81. The van der Waals surface area contributed by atoms with Crippen molar-refractivity contribution in [3.05, 3.63) is 59.7 Å². The quantitative estimate of drug-likeness (QED) is 0.601. The van der Waals surface area contributed by atoms with Crippen LogP contribution >= 0.6 is 0 Å². The maximum atomic E-state index is 12.3. The van der Waals surface area contributed by atoms with Gasteiger partial charge in [0, 0.05) is 18.9 Å². The van der Waals surface area contributed by atoms with Crippen molar-refractivity contribution in [2.45, 2.75) is 39.2 Å². The first kappa shape index (κ1) is 22.3. The summed E-state index contributed by atoms with van der Waals surface area (Å²) in [6.07, 6.45) is -0.469. The summed E-state index contributed by atoms with van der Waals surface area (Å²) in [5.41, 5.74) is 4.04. The molecule has 7 nitrogen and oxygen atoms in total. The van der Waals surface area contributed by atoms with Crippen molar-refractivity contribution in [3.8, 4) is 11.1 Å². The Balaban J connectivity index is 1.53. The summed E-state index contributed by atoms with van der Waals surface area (Å²) in [5, 5.41) is 14.0. The number of amides is 2. The SMILES string of the molecule is C[C@@H](NC(=O)CC(C)(C)CNC(=O)OCC1c2ccccc2-c2ccccc21)C(=O)O. The van der Waals surface area contributed by atoms with Crippen molar-refractivity contribution in [2.24, 2.45) is 5.41 Å². The Morgan fingerprint density at radius 2 is 1.58 bits per heavy atom. The number of hydrogen-bond donors (Lipinski definition) is 3. The topological polar surface area (TPSA) is 105 Å². The van der Waals surface area contributed by atoms with Gasteiger partial charge in [-0.05, 0) is 34.6 Å². The second kappa shape index (κ2) is 9.20. The van der Waals surface area contributed by atoms with Crippen molar-refractivity contribution in [1.82, 2.24) is 10.6 Å². The number of alkyl carbamates (subject to hydrolysis) is 1. The molecular weight excluding hydrogens is 396 g/mol. The molecule has 0 radical (unpaired) electrons. The third-order valence-electron chi connectivity index (χ3n) is 5.44. The molecule has 1 aliphatic rings. The van der Waals surface area contributed by atoms with Crippen LogP contribution < -0.4 is 10.6 Å². The number of carboxylic acid groups (broad SMARTS) is 1. The molecule has 2 aromatic carbocycles. The van der Waals surface area contributed by atoms with Crippen LogP contribution in [0.1, 0.15) is 44.2 Å². The zero-order valence-corrected chi connectivity index (χ0v) is 18.0. The molecule has 3 rings (SSSR count). The third-order valence-corrected chi connectivity index (χ3v) is 5.44. The molecule has 0 saturated heterocycles. The van der Waals surface area contributed by atoms with Crippen molar-refractivity contribution in [1.29, 1.82) is 0 Å². The Morgan fingerprint density at radius 3 is 2.13 bits per heavy atom. The molecule has 0 unspecified atom stereocenters. The second-order valence-electron chi connectivity index (χ2n) is 8.65. The van der Waals surface area contributed by atoms with Crippen LogP contribution in [0.2, 0.25) is 0 Å². The van der Waals surface area contributed by atoms with E-state index >= 15 is 0 Å². The van der Waals surface area contributed by atoms with Gasteiger partial charge in [0.15, 0.2) is 0 Å². The normalized spacial score (nSPS) is 13.6. The van der Waals surface area contributed by atoms with E-state index in [1.54, 1.807) is 0 Å². The molecule has 1 aliphatic carbocycles. The lowest BCUT2D eigenvalue weighted by molar-refractivity contribution is -0.141. The molecule has 7 heteroatoms. The molecule has 3 N–H and O–H groups in total. The monoisotopic (exact) mass is 424 g/mol. The lowest BCUT2D eigenvalue weighted by Gasteiger charge is -2.25. The average Bonchev–Trinajstić information content (AvgIpc) is 3.04. The lowest BCUT2D eigenvalue weighted by atomic mass is 9.89. The predicted molar refractivity (Wildman–Crippen MR) is 117 cm³/mol. The summed E-state index contributed by atoms with van der Waals surface area (Å²) in [4.78, 5) is 35.2. The molecule has 0 spiro atoms. The molecule has 1 atom stereocenters. The number of benzene rings is 2. The largest absolute Gasteiger partial charge is 0.480 e. The first-order chi connectivity index (χ1) is 14.7. The zero-order chi connectivity index (χ0) is 22.6. The predicted octanol–water partition coefficient (Wildman–Crippen LogP) is 3.53. The fraction of sp³-hybridized carbons (Fsp3) is 0.375. The molecule has 0 aliphatic heterocycles. The zero-order valence-electron chi connectivity index (χ0n) is 18.0. The van der Waals surface area contributed by atoms with E-state index in [1.165, 1.54) is 6.92 Å². The summed E-state index contributed by atoms with van der Waals surface area (Å²) in [7, 11) is 0. The van der Waals surface area contributed by atoms with E-state index in [-0.39, 0.29) is 31.4 Å². The average molecular weight is 424 g/mol. The van der Waals surface area contributed by atoms with Gasteiger partial charge < -0.3 is 20.5 Å². The van der Waals surface area contributed by atoms with Gasteiger partial charge in [-0.3, -0.25) is 9.59 Å². The number of ether oxygens (including phenoxy) is 1. The van der Waals surface area contributed by atoms with E-state index in [4.69, 9.17) is 9.84 Å². The number of aliphatic carboxylic acids is 1.